The van der Waals surface area contributed by atoms with Gasteiger partial charge in [0.1, 0.15) is 17.5 Å². The standard InChI is InChI=1S/C17H20ClFN4O/c18-6-1-7-21-13-14(12-20)17(24)23-10-8-22(9-11-23)16-4-2-15(19)3-5-16/h2-5,13,21H,1,6-11H2/b14-13-. The first kappa shape index (κ1) is 18.1. The summed E-state index contributed by atoms with van der Waals surface area (Å²) >= 11 is 5.58. The van der Waals surface area contributed by atoms with Crippen molar-refractivity contribution in [2.45, 2.75) is 6.42 Å². The van der Waals surface area contributed by atoms with Crippen LogP contribution in [0, 0.1) is 17.1 Å². The third kappa shape index (κ3) is 4.87. The van der Waals surface area contributed by atoms with Gasteiger partial charge in [0, 0.05) is 50.5 Å². The van der Waals surface area contributed by atoms with E-state index in [2.05, 4.69) is 10.2 Å². The zero-order chi connectivity index (χ0) is 17.4. The minimum Gasteiger partial charge on any atom is -0.390 e. The molecule has 1 saturated heterocycles. The summed E-state index contributed by atoms with van der Waals surface area (Å²) in [6.07, 6.45) is 2.22. The van der Waals surface area contributed by atoms with E-state index in [1.165, 1.54) is 18.3 Å². The molecule has 1 aromatic rings. The van der Waals surface area contributed by atoms with Gasteiger partial charge in [-0.2, -0.15) is 5.26 Å². The van der Waals surface area contributed by atoms with Gasteiger partial charge in [0.2, 0.25) is 0 Å². The smallest absolute Gasteiger partial charge is 0.266 e. The second-order valence-electron chi connectivity index (χ2n) is 5.42. The van der Waals surface area contributed by atoms with Crippen molar-refractivity contribution < 1.29 is 9.18 Å². The fourth-order valence-corrected chi connectivity index (χ4v) is 2.61. The van der Waals surface area contributed by atoms with Gasteiger partial charge in [-0.1, -0.05) is 0 Å². The van der Waals surface area contributed by atoms with E-state index < -0.39 is 0 Å². The number of alkyl halides is 1. The molecule has 0 aromatic heterocycles. The minimum atomic E-state index is -0.269. The van der Waals surface area contributed by atoms with Gasteiger partial charge in [0.15, 0.2) is 0 Å². The number of anilines is 1. The third-order valence-electron chi connectivity index (χ3n) is 3.81. The van der Waals surface area contributed by atoms with E-state index in [1.807, 2.05) is 6.07 Å². The third-order valence-corrected chi connectivity index (χ3v) is 4.08. The molecule has 128 valence electrons. The molecule has 0 saturated carbocycles. The van der Waals surface area contributed by atoms with E-state index in [0.29, 0.717) is 38.6 Å². The van der Waals surface area contributed by atoms with E-state index >= 15 is 0 Å². The topological polar surface area (TPSA) is 59.4 Å². The van der Waals surface area contributed by atoms with Crippen LogP contribution in [0.3, 0.4) is 0 Å². The number of piperazine rings is 1. The number of carbonyl (C=O) groups excluding carboxylic acids is 1. The molecule has 0 unspecified atom stereocenters. The van der Waals surface area contributed by atoms with Crippen molar-refractivity contribution in [3.8, 4) is 6.07 Å². The zero-order valence-electron chi connectivity index (χ0n) is 13.3. The number of nitriles is 1. The molecule has 0 radical (unpaired) electrons. The van der Waals surface area contributed by atoms with Gasteiger partial charge < -0.3 is 15.1 Å². The Balaban J connectivity index is 1.89. The van der Waals surface area contributed by atoms with Crippen LogP contribution in [0.25, 0.3) is 0 Å². The molecule has 0 aliphatic carbocycles. The maximum atomic E-state index is 13.0. The Bertz CT molecular complexity index is 618. The average Bonchev–Trinajstić information content (AvgIpc) is 2.62. The lowest BCUT2D eigenvalue weighted by molar-refractivity contribution is -0.127. The highest BCUT2D eigenvalue weighted by atomic mass is 35.5. The predicted octanol–water partition coefficient (Wildman–Crippen LogP) is 2.10. The number of hydrogen-bond acceptors (Lipinski definition) is 4. The maximum absolute atomic E-state index is 13.0. The average molecular weight is 351 g/mol. The van der Waals surface area contributed by atoms with Crippen molar-refractivity contribution in [3.63, 3.8) is 0 Å². The fraction of sp³-hybridized carbons (Fsp3) is 0.412. The van der Waals surface area contributed by atoms with Gasteiger partial charge >= 0.3 is 0 Å². The Morgan fingerprint density at radius 2 is 1.96 bits per heavy atom. The summed E-state index contributed by atoms with van der Waals surface area (Å²) in [6.45, 7) is 2.97. The molecule has 1 heterocycles. The number of nitrogens with one attached hydrogen (secondary N) is 1. The summed E-state index contributed by atoms with van der Waals surface area (Å²) < 4.78 is 13.0. The molecular formula is C17H20ClFN4O. The van der Waals surface area contributed by atoms with Crippen LogP contribution in [-0.4, -0.2) is 49.4 Å². The second-order valence-corrected chi connectivity index (χ2v) is 5.80. The Kier molecular flexibility index (Phi) is 6.89. The minimum absolute atomic E-state index is 0.0970. The molecule has 1 fully saturated rings. The van der Waals surface area contributed by atoms with Crippen molar-refractivity contribution in [2.24, 2.45) is 0 Å². The number of nitrogens with zero attached hydrogens (tertiary/aromatic N) is 3. The summed E-state index contributed by atoms with van der Waals surface area (Å²) in [5.74, 6) is -0.00479. The molecule has 1 amide bonds. The van der Waals surface area contributed by atoms with Crippen LogP contribution in [0.1, 0.15) is 6.42 Å². The van der Waals surface area contributed by atoms with Gasteiger partial charge in [-0.3, -0.25) is 4.79 Å². The van der Waals surface area contributed by atoms with Gasteiger partial charge in [-0.25, -0.2) is 4.39 Å². The molecule has 1 aliphatic rings. The molecule has 1 N–H and O–H groups in total. The molecule has 1 aromatic carbocycles. The van der Waals surface area contributed by atoms with Gasteiger partial charge in [0.25, 0.3) is 5.91 Å². The van der Waals surface area contributed by atoms with E-state index in [9.17, 15) is 9.18 Å². The maximum Gasteiger partial charge on any atom is 0.266 e. The van der Waals surface area contributed by atoms with Crippen LogP contribution in [-0.2, 0) is 4.79 Å². The molecule has 1 aliphatic heterocycles. The van der Waals surface area contributed by atoms with Crippen LogP contribution in [0.5, 0.6) is 0 Å². The van der Waals surface area contributed by atoms with E-state index in [-0.39, 0.29) is 17.3 Å². The molecule has 5 nitrogen and oxygen atoms in total. The van der Waals surface area contributed by atoms with E-state index in [1.54, 1.807) is 17.0 Å². The second kappa shape index (κ2) is 9.14. The Morgan fingerprint density at radius 3 is 2.54 bits per heavy atom. The molecular weight excluding hydrogens is 331 g/mol. The van der Waals surface area contributed by atoms with E-state index in [4.69, 9.17) is 16.9 Å². The van der Waals surface area contributed by atoms with Crippen molar-refractivity contribution in [3.05, 3.63) is 41.9 Å². The van der Waals surface area contributed by atoms with Crippen molar-refractivity contribution in [2.75, 3.05) is 43.5 Å². The number of amides is 1. The predicted molar refractivity (Wildman–Crippen MR) is 92.2 cm³/mol. The molecule has 0 spiro atoms. The first-order valence-corrected chi connectivity index (χ1v) is 8.38. The number of halogens is 2. The lowest BCUT2D eigenvalue weighted by Crippen LogP contribution is -2.49. The SMILES string of the molecule is N#C/C(=C/NCCCCl)C(=O)N1CCN(c2ccc(F)cc2)CC1. The Hall–Kier alpha value is -2.26. The van der Waals surface area contributed by atoms with Crippen LogP contribution >= 0.6 is 11.6 Å². The summed E-state index contributed by atoms with van der Waals surface area (Å²) in [4.78, 5) is 16.1. The van der Waals surface area contributed by atoms with Gasteiger partial charge in [0.05, 0.1) is 0 Å². The van der Waals surface area contributed by atoms with Gasteiger partial charge in [-0.15, -0.1) is 11.6 Å². The monoisotopic (exact) mass is 350 g/mol. The number of carbonyl (C=O) groups is 1. The first-order valence-electron chi connectivity index (χ1n) is 7.85. The lowest BCUT2D eigenvalue weighted by Gasteiger charge is -2.36. The molecule has 2 rings (SSSR count). The highest BCUT2D eigenvalue weighted by molar-refractivity contribution is 6.17. The summed E-state index contributed by atoms with van der Waals surface area (Å²) in [5, 5.41) is 12.1. The van der Waals surface area contributed by atoms with Crippen molar-refractivity contribution in [1.29, 1.82) is 5.26 Å². The fourth-order valence-electron chi connectivity index (χ4n) is 2.47. The van der Waals surface area contributed by atoms with Crippen LogP contribution in [0.2, 0.25) is 0 Å². The van der Waals surface area contributed by atoms with Crippen molar-refractivity contribution >= 4 is 23.2 Å². The van der Waals surface area contributed by atoms with Crippen molar-refractivity contribution in [1.82, 2.24) is 10.2 Å². The lowest BCUT2D eigenvalue weighted by atomic mass is 10.2. The number of hydrogen-bond donors (Lipinski definition) is 1. The summed E-state index contributed by atoms with van der Waals surface area (Å²) in [7, 11) is 0. The van der Waals surface area contributed by atoms with Crippen LogP contribution < -0.4 is 10.2 Å². The van der Waals surface area contributed by atoms with Crippen LogP contribution in [0.4, 0.5) is 10.1 Å². The summed E-state index contributed by atoms with van der Waals surface area (Å²) in [5.41, 5.74) is 1.03. The van der Waals surface area contributed by atoms with E-state index in [0.717, 1.165) is 12.1 Å². The highest BCUT2D eigenvalue weighted by Crippen LogP contribution is 2.17. The highest BCUT2D eigenvalue weighted by Gasteiger charge is 2.23. The first-order chi connectivity index (χ1) is 11.7. The van der Waals surface area contributed by atoms with Gasteiger partial charge in [-0.05, 0) is 30.7 Å². The normalized spacial score (nSPS) is 15.1. The number of rotatable bonds is 6. The molecule has 0 atom stereocenters. The molecule has 24 heavy (non-hydrogen) atoms. The molecule has 7 heteroatoms. The number of benzene rings is 1. The summed E-state index contributed by atoms with van der Waals surface area (Å²) in [6, 6.07) is 8.26. The zero-order valence-corrected chi connectivity index (χ0v) is 14.1. The van der Waals surface area contributed by atoms with Crippen LogP contribution in [0.15, 0.2) is 36.0 Å². The Morgan fingerprint density at radius 1 is 1.29 bits per heavy atom. The molecule has 0 bridgehead atoms. The largest absolute Gasteiger partial charge is 0.390 e. The Labute approximate surface area is 146 Å². The quantitative estimate of drug-likeness (QED) is 0.369.